The number of furan rings is 1. The number of carbonyl (C=O) groups is 2. The molecule has 7 heteroatoms. The molecule has 0 aliphatic rings. The van der Waals surface area contributed by atoms with E-state index < -0.39 is 11.9 Å². The Morgan fingerprint density at radius 2 is 1.96 bits per heavy atom. The number of benzene rings is 2. The molecular weight excluding hydrogens is 358 g/mol. The molecule has 6 nitrogen and oxygen atoms in total. The lowest BCUT2D eigenvalue weighted by atomic mass is 10.1. The zero-order valence-corrected chi connectivity index (χ0v) is 14.2. The summed E-state index contributed by atoms with van der Waals surface area (Å²) in [5.41, 5.74) is 1.85. The van der Waals surface area contributed by atoms with E-state index in [0.717, 1.165) is 11.1 Å². The number of halogens is 1. The van der Waals surface area contributed by atoms with E-state index in [1.165, 1.54) is 18.2 Å². The lowest BCUT2D eigenvalue weighted by Crippen LogP contribution is -2.21. The van der Waals surface area contributed by atoms with Crippen LogP contribution in [0.25, 0.3) is 11.1 Å². The Morgan fingerprint density at radius 3 is 2.69 bits per heavy atom. The van der Waals surface area contributed by atoms with Crippen molar-refractivity contribution in [3.05, 3.63) is 71.6 Å². The first-order chi connectivity index (χ1) is 12.5. The second-order valence-electron chi connectivity index (χ2n) is 5.37. The van der Waals surface area contributed by atoms with Gasteiger partial charge in [0.05, 0.1) is 23.8 Å². The molecule has 0 aliphatic heterocycles. The zero-order valence-electron chi connectivity index (χ0n) is 13.4. The van der Waals surface area contributed by atoms with Gasteiger partial charge in [0.1, 0.15) is 5.75 Å². The summed E-state index contributed by atoms with van der Waals surface area (Å²) in [6, 6.07) is 13.2. The van der Waals surface area contributed by atoms with Gasteiger partial charge in [-0.25, -0.2) is 4.79 Å². The van der Waals surface area contributed by atoms with Crippen molar-refractivity contribution in [3.63, 3.8) is 0 Å². The van der Waals surface area contributed by atoms with Crippen molar-refractivity contribution in [1.82, 2.24) is 0 Å². The average molecular weight is 372 g/mol. The highest BCUT2D eigenvalue weighted by Gasteiger charge is 2.13. The van der Waals surface area contributed by atoms with Gasteiger partial charge in [0.15, 0.2) is 6.61 Å². The number of nitrogens with one attached hydrogen (secondary N) is 1. The Hall–Kier alpha value is -3.25. The molecule has 0 bridgehead atoms. The summed E-state index contributed by atoms with van der Waals surface area (Å²) in [6.07, 6.45) is 3.18. The standard InChI is InChI=1S/C19H14ClNO5/c20-14-4-5-17(16(9-14)19(23)24)21-18(22)11-26-15-3-1-2-12(8-15)13-6-7-25-10-13/h1-10H,11H2,(H,21,22)(H,23,24). The van der Waals surface area contributed by atoms with E-state index in [0.29, 0.717) is 5.75 Å². The summed E-state index contributed by atoms with van der Waals surface area (Å²) < 4.78 is 10.5. The van der Waals surface area contributed by atoms with Gasteiger partial charge in [0, 0.05) is 10.6 Å². The Bertz CT molecular complexity index is 937. The van der Waals surface area contributed by atoms with Crippen molar-refractivity contribution >= 4 is 29.2 Å². The lowest BCUT2D eigenvalue weighted by molar-refractivity contribution is -0.118. The van der Waals surface area contributed by atoms with Crippen LogP contribution in [0.5, 0.6) is 5.75 Å². The fourth-order valence-corrected chi connectivity index (χ4v) is 2.50. The summed E-state index contributed by atoms with van der Waals surface area (Å²) in [7, 11) is 0. The molecule has 26 heavy (non-hydrogen) atoms. The molecule has 0 saturated carbocycles. The van der Waals surface area contributed by atoms with E-state index in [4.69, 9.17) is 20.8 Å². The SMILES string of the molecule is O=C(COc1cccc(-c2ccoc2)c1)Nc1ccc(Cl)cc1C(=O)O. The normalized spacial score (nSPS) is 10.3. The van der Waals surface area contributed by atoms with Gasteiger partial charge in [0.25, 0.3) is 5.91 Å². The molecule has 0 aliphatic carbocycles. The van der Waals surface area contributed by atoms with Gasteiger partial charge in [-0.1, -0.05) is 23.7 Å². The number of carboxylic acid groups (broad SMARTS) is 1. The average Bonchev–Trinajstić information content (AvgIpc) is 3.16. The van der Waals surface area contributed by atoms with Gasteiger partial charge >= 0.3 is 5.97 Å². The van der Waals surface area contributed by atoms with E-state index in [1.807, 2.05) is 12.1 Å². The quantitative estimate of drug-likeness (QED) is 0.673. The second-order valence-corrected chi connectivity index (χ2v) is 5.81. The van der Waals surface area contributed by atoms with E-state index in [2.05, 4.69) is 5.32 Å². The third-order valence-electron chi connectivity index (χ3n) is 3.54. The predicted molar refractivity (Wildman–Crippen MR) is 96.7 cm³/mol. The highest BCUT2D eigenvalue weighted by Crippen LogP contribution is 2.24. The topological polar surface area (TPSA) is 88.8 Å². The largest absolute Gasteiger partial charge is 0.484 e. The molecule has 0 atom stereocenters. The molecule has 1 amide bonds. The highest BCUT2D eigenvalue weighted by molar-refractivity contribution is 6.31. The maximum atomic E-state index is 12.1. The Kier molecular flexibility index (Phi) is 5.24. The number of aromatic carboxylic acids is 1. The van der Waals surface area contributed by atoms with Crippen molar-refractivity contribution in [2.75, 3.05) is 11.9 Å². The number of amides is 1. The van der Waals surface area contributed by atoms with Crippen LogP contribution in [0.4, 0.5) is 5.69 Å². The van der Waals surface area contributed by atoms with E-state index in [9.17, 15) is 14.7 Å². The molecule has 0 spiro atoms. The van der Waals surface area contributed by atoms with Crippen LogP contribution in [0.15, 0.2) is 65.5 Å². The Balaban J connectivity index is 1.65. The molecule has 3 rings (SSSR count). The maximum absolute atomic E-state index is 12.1. The number of carbonyl (C=O) groups excluding carboxylic acids is 1. The number of ether oxygens (including phenoxy) is 1. The van der Waals surface area contributed by atoms with E-state index in [-0.39, 0.29) is 22.9 Å². The second kappa shape index (κ2) is 7.76. The highest BCUT2D eigenvalue weighted by atomic mass is 35.5. The molecule has 0 radical (unpaired) electrons. The monoisotopic (exact) mass is 371 g/mol. The number of carboxylic acids is 1. The smallest absolute Gasteiger partial charge is 0.337 e. The van der Waals surface area contributed by atoms with Crippen molar-refractivity contribution < 1.29 is 23.8 Å². The number of rotatable bonds is 6. The summed E-state index contributed by atoms with van der Waals surface area (Å²) in [5.74, 6) is -1.16. The van der Waals surface area contributed by atoms with Crippen LogP contribution < -0.4 is 10.1 Å². The van der Waals surface area contributed by atoms with Crippen molar-refractivity contribution in [2.24, 2.45) is 0 Å². The molecule has 3 aromatic rings. The van der Waals surface area contributed by atoms with Crippen LogP contribution in [-0.4, -0.2) is 23.6 Å². The maximum Gasteiger partial charge on any atom is 0.337 e. The van der Waals surface area contributed by atoms with Gasteiger partial charge in [-0.2, -0.15) is 0 Å². The minimum atomic E-state index is -1.18. The first kappa shape index (κ1) is 17.6. The fraction of sp³-hybridized carbons (Fsp3) is 0.0526. The third kappa shape index (κ3) is 4.23. The minimum absolute atomic E-state index is 0.0900. The summed E-state index contributed by atoms with van der Waals surface area (Å²) >= 11 is 5.79. The molecule has 1 aromatic heterocycles. The molecule has 0 fully saturated rings. The fourth-order valence-electron chi connectivity index (χ4n) is 2.33. The van der Waals surface area contributed by atoms with Gasteiger partial charge in [-0.15, -0.1) is 0 Å². The van der Waals surface area contributed by atoms with Crippen LogP contribution >= 0.6 is 11.6 Å². The van der Waals surface area contributed by atoms with Crippen LogP contribution in [0, 0.1) is 0 Å². The summed E-state index contributed by atoms with van der Waals surface area (Å²) in [4.78, 5) is 23.3. The number of anilines is 1. The van der Waals surface area contributed by atoms with Crippen molar-refractivity contribution in [3.8, 4) is 16.9 Å². The van der Waals surface area contributed by atoms with Gasteiger partial charge in [0.2, 0.25) is 0 Å². The molecule has 132 valence electrons. The molecule has 0 unspecified atom stereocenters. The van der Waals surface area contributed by atoms with E-state index in [1.54, 1.807) is 30.7 Å². The summed E-state index contributed by atoms with van der Waals surface area (Å²) in [5, 5.41) is 12.0. The van der Waals surface area contributed by atoms with Crippen LogP contribution in [0.1, 0.15) is 10.4 Å². The minimum Gasteiger partial charge on any atom is -0.484 e. The first-order valence-electron chi connectivity index (χ1n) is 7.61. The van der Waals surface area contributed by atoms with Gasteiger partial charge < -0.3 is 19.6 Å². The van der Waals surface area contributed by atoms with Crippen LogP contribution in [-0.2, 0) is 4.79 Å². The lowest BCUT2D eigenvalue weighted by Gasteiger charge is -2.10. The first-order valence-corrected chi connectivity index (χ1v) is 7.99. The van der Waals surface area contributed by atoms with Crippen LogP contribution in [0.2, 0.25) is 5.02 Å². The number of hydrogen-bond donors (Lipinski definition) is 2. The zero-order chi connectivity index (χ0) is 18.5. The Labute approximate surface area is 154 Å². The van der Waals surface area contributed by atoms with Gasteiger partial charge in [-0.05, 0) is 42.0 Å². The number of hydrogen-bond acceptors (Lipinski definition) is 4. The predicted octanol–water partition coefficient (Wildman–Crippen LogP) is 4.32. The van der Waals surface area contributed by atoms with Crippen LogP contribution in [0.3, 0.4) is 0 Å². The molecule has 2 aromatic carbocycles. The molecule has 2 N–H and O–H groups in total. The molecule has 0 saturated heterocycles. The van der Waals surface area contributed by atoms with Gasteiger partial charge in [-0.3, -0.25) is 4.79 Å². The molecular formula is C19H14ClNO5. The molecule has 1 heterocycles. The third-order valence-corrected chi connectivity index (χ3v) is 3.78. The van der Waals surface area contributed by atoms with Crippen molar-refractivity contribution in [2.45, 2.75) is 0 Å². The van der Waals surface area contributed by atoms with E-state index >= 15 is 0 Å². The van der Waals surface area contributed by atoms with Crippen molar-refractivity contribution in [1.29, 1.82) is 0 Å². The Morgan fingerprint density at radius 1 is 1.12 bits per heavy atom. The summed E-state index contributed by atoms with van der Waals surface area (Å²) in [6.45, 7) is -0.267.